The minimum Gasteiger partial charge on any atom is -0.309 e. The molecular weight excluding hydrogens is 763 g/mol. The van der Waals surface area contributed by atoms with Gasteiger partial charge in [0.1, 0.15) is 0 Å². The molecule has 0 aliphatic heterocycles. The van der Waals surface area contributed by atoms with Crippen molar-refractivity contribution >= 4 is 43.6 Å². The maximum atomic E-state index is 5.68. The van der Waals surface area contributed by atoms with Crippen molar-refractivity contribution < 1.29 is 0 Å². The fraction of sp³-hybridized carbons (Fsp3) is 0.100. The molecule has 2 heterocycles. The van der Waals surface area contributed by atoms with Crippen molar-refractivity contribution in [1.82, 2.24) is 14.5 Å². The first-order chi connectivity index (χ1) is 30.7. The van der Waals surface area contributed by atoms with Crippen molar-refractivity contribution in [3.63, 3.8) is 0 Å². The topological polar surface area (TPSA) is 30.7 Å². The fourth-order valence-corrected chi connectivity index (χ4v) is 11.2. The molecule has 0 bridgehead atoms. The number of aromatic nitrogens is 3. The maximum Gasteiger partial charge on any atom is 0.0973 e. The highest BCUT2D eigenvalue weighted by atomic mass is 15.0. The number of hydrogen-bond acceptors (Lipinski definition) is 2. The normalized spacial score (nSPS) is 14.3. The number of benzene rings is 9. The molecule has 3 nitrogen and oxygen atoms in total. The summed E-state index contributed by atoms with van der Waals surface area (Å²) in [5.41, 5.74) is 21.7. The lowest BCUT2D eigenvalue weighted by molar-refractivity contribution is 0.660. The Morgan fingerprint density at radius 2 is 0.937 bits per heavy atom. The molecule has 13 rings (SSSR count). The van der Waals surface area contributed by atoms with Crippen LogP contribution in [-0.2, 0) is 10.8 Å². The summed E-state index contributed by atoms with van der Waals surface area (Å²) in [6.45, 7) is 9.38. The Hall–Kier alpha value is -7.62. The van der Waals surface area contributed by atoms with Gasteiger partial charge in [0.2, 0.25) is 0 Å². The van der Waals surface area contributed by atoms with Crippen LogP contribution < -0.4 is 0 Å². The van der Waals surface area contributed by atoms with Gasteiger partial charge in [-0.1, -0.05) is 173 Å². The van der Waals surface area contributed by atoms with Gasteiger partial charge >= 0.3 is 0 Å². The van der Waals surface area contributed by atoms with Crippen molar-refractivity contribution in [2.75, 3.05) is 0 Å². The van der Waals surface area contributed by atoms with E-state index in [-0.39, 0.29) is 10.8 Å². The summed E-state index contributed by atoms with van der Waals surface area (Å²) < 4.78 is 2.42. The van der Waals surface area contributed by atoms with E-state index in [1.807, 2.05) is 0 Å². The van der Waals surface area contributed by atoms with Gasteiger partial charge in [0, 0.05) is 38.4 Å². The predicted molar refractivity (Wildman–Crippen MR) is 263 cm³/mol. The second-order valence-corrected chi connectivity index (χ2v) is 18.6. The van der Waals surface area contributed by atoms with Gasteiger partial charge in [-0.05, 0) is 109 Å². The molecule has 2 aromatic heterocycles. The molecule has 0 radical (unpaired) electrons. The highest BCUT2D eigenvalue weighted by Gasteiger charge is 2.37. The summed E-state index contributed by atoms with van der Waals surface area (Å²) in [6, 6.07) is 69.1. The van der Waals surface area contributed by atoms with E-state index in [1.165, 1.54) is 82.7 Å². The second-order valence-electron chi connectivity index (χ2n) is 18.6. The number of nitrogens with zero attached hydrogens (tertiary/aromatic N) is 3. The van der Waals surface area contributed by atoms with Gasteiger partial charge in [0.15, 0.2) is 0 Å². The molecule has 0 unspecified atom stereocenters. The smallest absolute Gasteiger partial charge is 0.0973 e. The predicted octanol–water partition coefficient (Wildman–Crippen LogP) is 15.5. The summed E-state index contributed by atoms with van der Waals surface area (Å²) in [6.07, 6.45) is 0. The third-order valence-electron chi connectivity index (χ3n) is 14.4. The molecule has 0 fully saturated rings. The van der Waals surface area contributed by atoms with Gasteiger partial charge in [-0.2, -0.15) is 0 Å². The Kier molecular flexibility index (Phi) is 7.42. The Morgan fingerprint density at radius 1 is 0.365 bits per heavy atom. The van der Waals surface area contributed by atoms with E-state index in [2.05, 4.69) is 220 Å². The van der Waals surface area contributed by atoms with E-state index in [0.29, 0.717) is 0 Å². The first kappa shape index (κ1) is 36.1. The van der Waals surface area contributed by atoms with E-state index in [9.17, 15) is 0 Å². The van der Waals surface area contributed by atoms with Crippen LogP contribution in [-0.4, -0.2) is 14.5 Å². The van der Waals surface area contributed by atoms with E-state index >= 15 is 0 Å². The minimum absolute atomic E-state index is 0.140. The molecule has 298 valence electrons. The lowest BCUT2D eigenvalue weighted by Gasteiger charge is -2.23. The molecule has 2 aliphatic carbocycles. The summed E-state index contributed by atoms with van der Waals surface area (Å²) >= 11 is 0. The van der Waals surface area contributed by atoms with Gasteiger partial charge in [0.05, 0.1) is 33.5 Å². The van der Waals surface area contributed by atoms with Crippen LogP contribution in [0, 0.1) is 0 Å². The molecule has 0 spiro atoms. The minimum atomic E-state index is -0.151. The van der Waals surface area contributed by atoms with E-state index in [0.717, 1.165) is 44.8 Å². The molecule has 0 saturated carbocycles. The molecule has 0 atom stereocenters. The zero-order valence-corrected chi connectivity index (χ0v) is 35.7. The highest BCUT2D eigenvalue weighted by Crippen LogP contribution is 2.52. The largest absolute Gasteiger partial charge is 0.309 e. The van der Waals surface area contributed by atoms with Gasteiger partial charge in [-0.15, -0.1) is 0 Å². The van der Waals surface area contributed by atoms with Crippen molar-refractivity contribution in [3.8, 4) is 61.6 Å². The van der Waals surface area contributed by atoms with Crippen molar-refractivity contribution in [2.45, 2.75) is 38.5 Å². The molecule has 9 aromatic carbocycles. The maximum absolute atomic E-state index is 5.68. The third-order valence-corrected chi connectivity index (χ3v) is 14.4. The third kappa shape index (κ3) is 5.14. The van der Waals surface area contributed by atoms with Crippen LogP contribution >= 0.6 is 0 Å². The van der Waals surface area contributed by atoms with Crippen molar-refractivity contribution in [1.29, 1.82) is 0 Å². The Morgan fingerprint density at radius 3 is 1.62 bits per heavy atom. The van der Waals surface area contributed by atoms with Crippen LogP contribution in [0.1, 0.15) is 49.9 Å². The lowest BCUT2D eigenvalue weighted by atomic mass is 9.81. The summed E-state index contributed by atoms with van der Waals surface area (Å²) in [7, 11) is 0. The molecule has 0 amide bonds. The van der Waals surface area contributed by atoms with Crippen LogP contribution in [0.15, 0.2) is 188 Å². The van der Waals surface area contributed by atoms with Crippen molar-refractivity contribution in [2.24, 2.45) is 0 Å². The average Bonchev–Trinajstić information content (AvgIpc) is 3.87. The number of fused-ring (bicyclic) bond motifs is 12. The van der Waals surface area contributed by atoms with E-state index in [4.69, 9.17) is 9.97 Å². The highest BCUT2D eigenvalue weighted by molar-refractivity contribution is 6.21. The SMILES string of the molecule is CC1(C)c2ccccc2-c2ccc(-c3nc4ccc(-n5c6cc(-c7ccccc7)ccc6c6c7ccccc7ccc65)cc4nc3-c3ccc4c(c3)C(C)(C)c3ccccc3-4)cc21. The summed E-state index contributed by atoms with van der Waals surface area (Å²) in [4.78, 5) is 11.3. The van der Waals surface area contributed by atoms with Crippen LogP contribution in [0.3, 0.4) is 0 Å². The monoisotopic (exact) mass is 805 g/mol. The molecule has 0 saturated heterocycles. The van der Waals surface area contributed by atoms with Gasteiger partial charge in [-0.3, -0.25) is 0 Å². The number of hydrogen-bond donors (Lipinski definition) is 0. The van der Waals surface area contributed by atoms with E-state index < -0.39 is 0 Å². The standard InChI is InChI=1S/C60H43N3/c1-59(2)48-20-12-10-18-43(48)45-27-23-39(32-50(45)59)57-58(40-24-28-46-44-19-11-13-21-49(44)60(3,4)51(46)33-40)62-53-35-41(26-30-52(53)61-57)63-54-31-25-37-16-8-9-17-42(37)56(54)47-29-22-38(34-55(47)63)36-14-6-5-7-15-36/h5-35H,1-4H3. The number of rotatable bonds is 4. The molecule has 11 aromatic rings. The average molecular weight is 806 g/mol. The molecule has 0 N–H and O–H groups in total. The van der Waals surface area contributed by atoms with E-state index in [1.54, 1.807) is 0 Å². The zero-order valence-electron chi connectivity index (χ0n) is 35.7. The quantitative estimate of drug-likeness (QED) is 0.177. The second kappa shape index (κ2) is 13.0. The molecule has 3 heteroatoms. The Balaban J connectivity index is 1.05. The van der Waals surface area contributed by atoms with Crippen LogP contribution in [0.25, 0.3) is 105 Å². The Bertz CT molecular complexity index is 3740. The summed E-state index contributed by atoms with van der Waals surface area (Å²) in [5.74, 6) is 0. The van der Waals surface area contributed by atoms with Crippen LogP contribution in [0.2, 0.25) is 0 Å². The lowest BCUT2D eigenvalue weighted by Crippen LogP contribution is -2.15. The molecule has 2 aliphatic rings. The van der Waals surface area contributed by atoms with Gasteiger partial charge in [-0.25, -0.2) is 9.97 Å². The van der Waals surface area contributed by atoms with Crippen molar-refractivity contribution in [3.05, 3.63) is 210 Å². The van der Waals surface area contributed by atoms with Crippen LogP contribution in [0.4, 0.5) is 0 Å². The van der Waals surface area contributed by atoms with Gasteiger partial charge < -0.3 is 4.57 Å². The molecule has 63 heavy (non-hydrogen) atoms. The summed E-state index contributed by atoms with van der Waals surface area (Å²) in [5, 5.41) is 4.97. The van der Waals surface area contributed by atoms with Gasteiger partial charge in [0.25, 0.3) is 0 Å². The van der Waals surface area contributed by atoms with Crippen LogP contribution in [0.5, 0.6) is 0 Å². The first-order valence-electron chi connectivity index (χ1n) is 22.1. The Labute approximate surface area is 367 Å². The first-order valence-corrected chi connectivity index (χ1v) is 22.1. The molecular formula is C60H43N3. The fourth-order valence-electron chi connectivity index (χ4n) is 11.2. The zero-order chi connectivity index (χ0) is 42.2.